The molecule has 5 nitrogen and oxygen atoms in total. The molecule has 0 bridgehead atoms. The molecule has 1 saturated heterocycles. The van der Waals surface area contributed by atoms with Crippen LogP contribution in [0.25, 0.3) is 0 Å². The van der Waals surface area contributed by atoms with Gasteiger partial charge in [-0.05, 0) is 49.5 Å². The highest BCUT2D eigenvalue weighted by atomic mass is 35.5. The Morgan fingerprint density at radius 2 is 1.74 bits per heavy atom. The highest BCUT2D eigenvalue weighted by Crippen LogP contribution is 2.30. The van der Waals surface area contributed by atoms with E-state index in [9.17, 15) is 4.39 Å². The minimum atomic E-state index is -0.438. The Hall–Kier alpha value is -2.57. The van der Waals surface area contributed by atoms with Crippen molar-refractivity contribution in [2.24, 2.45) is 0 Å². The molecule has 4 rings (SSSR count). The van der Waals surface area contributed by atoms with Gasteiger partial charge in [0.15, 0.2) is 5.82 Å². The van der Waals surface area contributed by atoms with Crippen LogP contribution < -0.4 is 9.91 Å². The third-order valence-corrected chi connectivity index (χ3v) is 5.02. The van der Waals surface area contributed by atoms with Crippen LogP contribution >= 0.6 is 11.6 Å². The lowest BCUT2D eigenvalue weighted by Crippen LogP contribution is -2.44. The lowest BCUT2D eigenvalue weighted by Gasteiger charge is -2.34. The zero-order valence-electron chi connectivity index (χ0n) is 15.1. The van der Waals surface area contributed by atoms with Crippen LogP contribution in [0, 0.1) is 5.82 Å². The first kappa shape index (κ1) is 17.8. The van der Waals surface area contributed by atoms with E-state index in [1.54, 1.807) is 12.1 Å². The first-order valence-corrected chi connectivity index (χ1v) is 9.28. The van der Waals surface area contributed by atoms with Gasteiger partial charge >= 0.3 is 0 Å². The van der Waals surface area contributed by atoms with Crippen LogP contribution in [-0.4, -0.2) is 47.8 Å². The number of aromatic nitrogens is 2. The molecule has 140 valence electrons. The molecule has 0 saturated carbocycles. The number of benzene rings is 1. The summed E-state index contributed by atoms with van der Waals surface area (Å²) >= 11 is 6.03. The Bertz CT molecular complexity index is 906. The molecule has 3 heterocycles. The number of pyridine rings is 1. The van der Waals surface area contributed by atoms with E-state index in [0.29, 0.717) is 0 Å². The summed E-state index contributed by atoms with van der Waals surface area (Å²) in [6, 6.07) is 14.5. The van der Waals surface area contributed by atoms with Crippen LogP contribution in [0.3, 0.4) is 0 Å². The number of rotatable bonds is 4. The lowest BCUT2D eigenvalue weighted by molar-refractivity contribution is 0.312. The largest absolute Gasteiger partial charge is 0.354 e. The molecule has 0 radical (unpaired) electrons. The van der Waals surface area contributed by atoms with E-state index >= 15 is 0 Å². The molecule has 0 amide bonds. The van der Waals surface area contributed by atoms with Gasteiger partial charge in [0.05, 0.1) is 10.7 Å². The number of likely N-dealkylation sites (N-methyl/N-ethyl adjacent to an activating group) is 1. The zero-order chi connectivity index (χ0) is 18.8. The molecular weight excluding hydrogens is 365 g/mol. The van der Waals surface area contributed by atoms with Gasteiger partial charge in [0.2, 0.25) is 0 Å². The second-order valence-electron chi connectivity index (χ2n) is 6.62. The Morgan fingerprint density at radius 3 is 2.44 bits per heavy atom. The van der Waals surface area contributed by atoms with Crippen LogP contribution in [0.4, 0.5) is 21.7 Å². The number of nitrogens with zero attached hydrogens (tertiary/aromatic N) is 5. The van der Waals surface area contributed by atoms with Gasteiger partial charge in [0.25, 0.3) is 0 Å². The fourth-order valence-electron chi connectivity index (χ4n) is 3.20. The second-order valence-corrected chi connectivity index (χ2v) is 7.02. The minimum absolute atomic E-state index is 0.0832. The van der Waals surface area contributed by atoms with Gasteiger partial charge in [-0.3, -0.25) is 4.68 Å². The summed E-state index contributed by atoms with van der Waals surface area (Å²) in [6.07, 6.45) is 3.84. The third kappa shape index (κ3) is 3.77. The first-order chi connectivity index (χ1) is 13.1. The molecule has 1 fully saturated rings. The van der Waals surface area contributed by atoms with Crippen molar-refractivity contribution in [2.45, 2.75) is 0 Å². The van der Waals surface area contributed by atoms with Gasteiger partial charge in [-0.15, -0.1) is 0 Å². The van der Waals surface area contributed by atoms with Crippen LogP contribution in [0.5, 0.6) is 0 Å². The molecule has 27 heavy (non-hydrogen) atoms. The SMILES string of the molecule is CN1CCN(c2cccc(N(c3ccc(F)c(Cl)c3)n3cccc3)n2)CC1. The summed E-state index contributed by atoms with van der Waals surface area (Å²) in [5.41, 5.74) is 0.737. The van der Waals surface area contributed by atoms with Crippen molar-refractivity contribution in [2.75, 3.05) is 43.1 Å². The lowest BCUT2D eigenvalue weighted by atomic mass is 10.3. The van der Waals surface area contributed by atoms with Crippen molar-refractivity contribution in [1.29, 1.82) is 0 Å². The van der Waals surface area contributed by atoms with Crippen molar-refractivity contribution in [1.82, 2.24) is 14.6 Å². The maximum absolute atomic E-state index is 13.7. The second kappa shape index (κ2) is 7.58. The number of piperazine rings is 1. The van der Waals surface area contributed by atoms with Crippen LogP contribution in [0.1, 0.15) is 0 Å². The standard InChI is InChI=1S/C20H21ClFN5/c1-24-11-13-25(14-12-24)19-5-4-6-20(23-19)27(26-9-2-3-10-26)16-7-8-18(22)17(21)15-16/h2-10,15H,11-14H2,1H3. The maximum atomic E-state index is 13.7. The fourth-order valence-corrected chi connectivity index (χ4v) is 3.38. The van der Waals surface area contributed by atoms with Crippen LogP contribution in [0.2, 0.25) is 5.02 Å². The Kier molecular flexibility index (Phi) is 5.01. The normalized spacial score (nSPS) is 15.1. The summed E-state index contributed by atoms with van der Waals surface area (Å²) in [5.74, 6) is 1.24. The van der Waals surface area contributed by atoms with E-state index in [4.69, 9.17) is 16.6 Å². The molecule has 0 unspecified atom stereocenters. The molecule has 0 atom stereocenters. The summed E-state index contributed by atoms with van der Waals surface area (Å²) in [4.78, 5) is 9.48. The minimum Gasteiger partial charge on any atom is -0.354 e. The Balaban J connectivity index is 1.72. The fraction of sp³-hybridized carbons (Fsp3) is 0.250. The molecule has 0 N–H and O–H groups in total. The van der Waals surface area contributed by atoms with E-state index in [2.05, 4.69) is 16.8 Å². The summed E-state index contributed by atoms with van der Waals surface area (Å²) in [7, 11) is 2.13. The molecule has 2 aromatic heterocycles. The van der Waals surface area contributed by atoms with Gasteiger partial charge in [-0.25, -0.2) is 14.4 Å². The van der Waals surface area contributed by atoms with E-state index < -0.39 is 5.82 Å². The van der Waals surface area contributed by atoms with E-state index in [1.807, 2.05) is 52.4 Å². The van der Waals surface area contributed by atoms with Crippen LogP contribution in [0.15, 0.2) is 60.9 Å². The Morgan fingerprint density at radius 1 is 1.00 bits per heavy atom. The van der Waals surface area contributed by atoms with Crippen molar-refractivity contribution in [3.8, 4) is 0 Å². The number of hydrogen-bond acceptors (Lipinski definition) is 4. The maximum Gasteiger partial charge on any atom is 0.154 e. The molecule has 1 aromatic carbocycles. The molecule has 1 aliphatic heterocycles. The molecular formula is C20H21ClFN5. The molecule has 3 aromatic rings. The average molecular weight is 386 g/mol. The van der Waals surface area contributed by atoms with E-state index in [-0.39, 0.29) is 5.02 Å². The predicted octanol–water partition coefficient (Wildman–Crippen LogP) is 4.03. The van der Waals surface area contributed by atoms with Crippen LogP contribution in [-0.2, 0) is 0 Å². The van der Waals surface area contributed by atoms with Gasteiger partial charge in [-0.2, -0.15) is 0 Å². The highest BCUT2D eigenvalue weighted by Gasteiger charge is 2.18. The monoisotopic (exact) mass is 385 g/mol. The third-order valence-electron chi connectivity index (χ3n) is 4.73. The predicted molar refractivity (Wildman–Crippen MR) is 107 cm³/mol. The van der Waals surface area contributed by atoms with Crippen molar-refractivity contribution >= 4 is 28.9 Å². The smallest absolute Gasteiger partial charge is 0.154 e. The first-order valence-electron chi connectivity index (χ1n) is 8.91. The van der Waals surface area contributed by atoms with Gasteiger partial charge < -0.3 is 9.80 Å². The number of halogens is 2. The topological polar surface area (TPSA) is 27.5 Å². The summed E-state index contributed by atoms with van der Waals surface area (Å²) in [6.45, 7) is 3.92. The van der Waals surface area contributed by atoms with Gasteiger partial charge in [-0.1, -0.05) is 17.7 Å². The summed E-state index contributed by atoms with van der Waals surface area (Å²) in [5, 5.41) is 1.99. The Labute approximate surface area is 163 Å². The number of hydrogen-bond donors (Lipinski definition) is 0. The van der Waals surface area contributed by atoms with Gasteiger partial charge in [0.1, 0.15) is 11.6 Å². The highest BCUT2D eigenvalue weighted by molar-refractivity contribution is 6.31. The van der Waals surface area contributed by atoms with Gasteiger partial charge in [0, 0.05) is 38.6 Å². The molecule has 1 aliphatic rings. The van der Waals surface area contributed by atoms with Crippen molar-refractivity contribution in [3.63, 3.8) is 0 Å². The van der Waals surface area contributed by atoms with Crippen molar-refractivity contribution < 1.29 is 4.39 Å². The number of anilines is 3. The van der Waals surface area contributed by atoms with E-state index in [0.717, 1.165) is 43.5 Å². The molecule has 0 spiro atoms. The average Bonchev–Trinajstić information content (AvgIpc) is 3.20. The zero-order valence-corrected chi connectivity index (χ0v) is 15.8. The van der Waals surface area contributed by atoms with Crippen molar-refractivity contribution in [3.05, 3.63) is 71.8 Å². The summed E-state index contributed by atoms with van der Waals surface area (Å²) < 4.78 is 15.6. The van der Waals surface area contributed by atoms with E-state index in [1.165, 1.54) is 6.07 Å². The molecule has 0 aliphatic carbocycles. The quantitative estimate of drug-likeness (QED) is 0.677. The molecule has 7 heteroatoms.